The fraction of sp³-hybridized carbons (Fsp3) is 0.167. The van der Waals surface area contributed by atoms with E-state index in [4.69, 9.17) is 4.52 Å². The van der Waals surface area contributed by atoms with Crippen LogP contribution in [0.1, 0.15) is 22.3 Å². The zero-order chi connectivity index (χ0) is 21.1. The van der Waals surface area contributed by atoms with Crippen LogP contribution in [0.2, 0.25) is 0 Å². The van der Waals surface area contributed by atoms with E-state index in [-0.39, 0.29) is 18.2 Å². The van der Waals surface area contributed by atoms with Gasteiger partial charge in [-0.05, 0) is 44.0 Å². The molecule has 1 N–H and O–H groups in total. The molecule has 2 heterocycles. The zero-order valence-electron chi connectivity index (χ0n) is 17.1. The van der Waals surface area contributed by atoms with Gasteiger partial charge in [0.1, 0.15) is 12.0 Å². The predicted molar refractivity (Wildman–Crippen MR) is 116 cm³/mol. The summed E-state index contributed by atoms with van der Waals surface area (Å²) >= 11 is 0. The summed E-state index contributed by atoms with van der Waals surface area (Å²) in [6.07, 6.45) is 3.36. The maximum Gasteiger partial charge on any atom is 0.241 e. The Morgan fingerprint density at radius 2 is 1.87 bits per heavy atom. The molecular formula is C24H22N4O2. The molecule has 0 saturated carbocycles. The first-order valence-corrected chi connectivity index (χ1v) is 9.70. The van der Waals surface area contributed by atoms with Gasteiger partial charge in [0.15, 0.2) is 0 Å². The molecule has 0 radical (unpaired) electrons. The van der Waals surface area contributed by atoms with E-state index in [2.05, 4.69) is 20.4 Å². The molecule has 2 aromatic heterocycles. The molecule has 0 aliphatic rings. The van der Waals surface area contributed by atoms with Crippen LogP contribution in [-0.4, -0.2) is 21.0 Å². The summed E-state index contributed by atoms with van der Waals surface area (Å²) in [5.74, 6) is 0.103. The monoisotopic (exact) mass is 398 g/mol. The molecule has 6 heteroatoms. The number of rotatable bonds is 5. The summed E-state index contributed by atoms with van der Waals surface area (Å²) in [7, 11) is 0. The van der Waals surface area contributed by atoms with Crippen molar-refractivity contribution in [3.05, 3.63) is 83.3 Å². The van der Waals surface area contributed by atoms with Gasteiger partial charge in [-0.3, -0.25) is 10.1 Å². The first-order chi connectivity index (χ1) is 14.5. The molecule has 30 heavy (non-hydrogen) atoms. The molecule has 4 aromatic rings. The molecule has 0 aliphatic carbocycles. The minimum atomic E-state index is -0.175. The van der Waals surface area contributed by atoms with Crippen LogP contribution in [-0.2, 0) is 11.2 Å². The van der Waals surface area contributed by atoms with Gasteiger partial charge in [-0.15, -0.1) is 0 Å². The van der Waals surface area contributed by atoms with Gasteiger partial charge in [-0.1, -0.05) is 52.7 Å². The van der Waals surface area contributed by atoms with Crippen LogP contribution < -0.4 is 5.32 Å². The Morgan fingerprint density at radius 3 is 2.63 bits per heavy atom. The summed E-state index contributed by atoms with van der Waals surface area (Å²) in [5, 5.41) is 7.13. The smallest absolute Gasteiger partial charge is 0.241 e. The largest absolute Gasteiger partial charge is 0.337 e. The molecule has 1 amide bonds. The number of carbonyl (C=O) groups is 1. The van der Waals surface area contributed by atoms with E-state index in [1.807, 2.05) is 63.2 Å². The van der Waals surface area contributed by atoms with Crippen molar-refractivity contribution in [1.29, 1.82) is 0 Å². The SMILES string of the molecule is Cc1cccc(-c2noc(NC(=O)Cc3cc(C)ccc3C)c2-c2ccncn2)c1. The minimum Gasteiger partial charge on any atom is -0.337 e. The van der Waals surface area contributed by atoms with E-state index in [1.165, 1.54) is 6.33 Å². The maximum absolute atomic E-state index is 12.8. The van der Waals surface area contributed by atoms with Crippen LogP contribution >= 0.6 is 0 Å². The molecule has 0 atom stereocenters. The van der Waals surface area contributed by atoms with E-state index in [0.29, 0.717) is 17.0 Å². The van der Waals surface area contributed by atoms with Crippen molar-refractivity contribution in [3.63, 3.8) is 0 Å². The van der Waals surface area contributed by atoms with E-state index < -0.39 is 0 Å². The Labute approximate surface area is 175 Å². The third-order valence-corrected chi connectivity index (χ3v) is 4.93. The highest BCUT2D eigenvalue weighted by Crippen LogP contribution is 2.36. The van der Waals surface area contributed by atoms with Crippen molar-refractivity contribution in [2.45, 2.75) is 27.2 Å². The van der Waals surface area contributed by atoms with Gasteiger partial charge in [-0.25, -0.2) is 9.97 Å². The molecule has 2 aromatic carbocycles. The lowest BCUT2D eigenvalue weighted by Crippen LogP contribution is -2.15. The lowest BCUT2D eigenvalue weighted by molar-refractivity contribution is -0.115. The van der Waals surface area contributed by atoms with Crippen molar-refractivity contribution < 1.29 is 9.32 Å². The highest BCUT2D eigenvalue weighted by molar-refractivity contribution is 5.97. The van der Waals surface area contributed by atoms with Crippen molar-refractivity contribution in [3.8, 4) is 22.5 Å². The summed E-state index contributed by atoms with van der Waals surface area (Å²) in [6, 6.07) is 15.8. The number of aryl methyl sites for hydroxylation is 3. The number of benzene rings is 2. The predicted octanol–water partition coefficient (Wildman–Crippen LogP) is 4.91. The second-order valence-corrected chi connectivity index (χ2v) is 7.35. The Hall–Kier alpha value is -3.80. The molecule has 0 unspecified atom stereocenters. The van der Waals surface area contributed by atoms with Gasteiger partial charge in [-0.2, -0.15) is 0 Å². The van der Waals surface area contributed by atoms with Crippen molar-refractivity contribution in [2.24, 2.45) is 0 Å². The fourth-order valence-corrected chi connectivity index (χ4v) is 3.38. The average Bonchev–Trinajstić information content (AvgIpc) is 3.15. The van der Waals surface area contributed by atoms with Gasteiger partial charge >= 0.3 is 0 Å². The Kier molecular flexibility index (Phi) is 5.39. The normalized spacial score (nSPS) is 10.8. The molecule has 6 nitrogen and oxygen atoms in total. The first kappa shape index (κ1) is 19.5. The van der Waals surface area contributed by atoms with Gasteiger partial charge in [0.2, 0.25) is 11.8 Å². The van der Waals surface area contributed by atoms with Gasteiger partial charge < -0.3 is 4.52 Å². The molecule has 150 valence electrons. The van der Waals surface area contributed by atoms with Crippen LogP contribution in [0.3, 0.4) is 0 Å². The van der Waals surface area contributed by atoms with Gasteiger partial charge in [0.05, 0.1) is 17.7 Å². The molecule has 0 aliphatic heterocycles. The molecule has 0 bridgehead atoms. The van der Waals surface area contributed by atoms with E-state index in [1.54, 1.807) is 12.3 Å². The molecule has 0 saturated heterocycles. The topological polar surface area (TPSA) is 80.9 Å². The number of hydrogen-bond donors (Lipinski definition) is 1. The van der Waals surface area contributed by atoms with Gasteiger partial charge in [0, 0.05) is 11.8 Å². The van der Waals surface area contributed by atoms with Crippen molar-refractivity contribution in [2.75, 3.05) is 5.32 Å². The highest BCUT2D eigenvalue weighted by atomic mass is 16.5. The summed E-state index contributed by atoms with van der Waals surface area (Å²) in [6.45, 7) is 6.03. The van der Waals surface area contributed by atoms with Gasteiger partial charge in [0.25, 0.3) is 0 Å². The van der Waals surface area contributed by atoms with Crippen LogP contribution in [0, 0.1) is 20.8 Å². The van der Waals surface area contributed by atoms with E-state index in [9.17, 15) is 4.79 Å². The van der Waals surface area contributed by atoms with E-state index >= 15 is 0 Å². The Morgan fingerprint density at radius 1 is 1.03 bits per heavy atom. The number of nitrogens with zero attached hydrogens (tertiary/aromatic N) is 3. The van der Waals surface area contributed by atoms with Crippen LogP contribution in [0.25, 0.3) is 22.5 Å². The maximum atomic E-state index is 12.8. The standard InChI is InChI=1S/C24H22N4O2/c1-15-5-4-6-18(11-15)23-22(20-9-10-25-14-26-20)24(30-28-23)27-21(29)13-19-12-16(2)7-8-17(19)3/h4-12,14H,13H2,1-3H3,(H,27,29). The number of aromatic nitrogens is 3. The molecular weight excluding hydrogens is 376 g/mol. The van der Waals surface area contributed by atoms with Crippen LogP contribution in [0.4, 0.5) is 5.88 Å². The third-order valence-electron chi connectivity index (χ3n) is 4.93. The molecule has 4 rings (SSSR count). The van der Waals surface area contributed by atoms with Crippen LogP contribution in [0.15, 0.2) is 65.6 Å². The second-order valence-electron chi connectivity index (χ2n) is 7.35. The number of amides is 1. The lowest BCUT2D eigenvalue weighted by atomic mass is 10.0. The van der Waals surface area contributed by atoms with Crippen molar-refractivity contribution >= 4 is 11.8 Å². The first-order valence-electron chi connectivity index (χ1n) is 9.70. The fourth-order valence-electron chi connectivity index (χ4n) is 3.38. The molecule has 0 fully saturated rings. The molecule has 0 spiro atoms. The Balaban J connectivity index is 1.70. The van der Waals surface area contributed by atoms with Crippen LogP contribution in [0.5, 0.6) is 0 Å². The highest BCUT2D eigenvalue weighted by Gasteiger charge is 2.22. The lowest BCUT2D eigenvalue weighted by Gasteiger charge is -2.08. The quantitative estimate of drug-likeness (QED) is 0.517. The number of hydrogen-bond acceptors (Lipinski definition) is 5. The number of nitrogens with one attached hydrogen (secondary N) is 1. The summed E-state index contributed by atoms with van der Waals surface area (Å²) in [4.78, 5) is 21.1. The average molecular weight is 398 g/mol. The summed E-state index contributed by atoms with van der Waals surface area (Å²) in [5.41, 5.74) is 7.05. The number of anilines is 1. The second kappa shape index (κ2) is 8.29. The number of carbonyl (C=O) groups excluding carboxylic acids is 1. The van der Waals surface area contributed by atoms with Crippen molar-refractivity contribution in [1.82, 2.24) is 15.1 Å². The summed E-state index contributed by atoms with van der Waals surface area (Å²) < 4.78 is 5.56. The van der Waals surface area contributed by atoms with E-state index in [0.717, 1.165) is 27.8 Å². The minimum absolute atomic E-state index is 0.175. The Bertz CT molecular complexity index is 1200. The third kappa shape index (κ3) is 4.12. The zero-order valence-corrected chi connectivity index (χ0v) is 17.1.